The molecule has 23 heavy (non-hydrogen) atoms. The Kier molecular flexibility index (Phi) is 3.89. The molecule has 116 valence electrons. The summed E-state index contributed by atoms with van der Waals surface area (Å²) in [7, 11) is 1.47. The van der Waals surface area contributed by atoms with E-state index in [0.29, 0.717) is 22.3 Å². The molecule has 0 aliphatic carbocycles. The van der Waals surface area contributed by atoms with Gasteiger partial charge in [-0.25, -0.2) is 0 Å². The fourth-order valence-electron chi connectivity index (χ4n) is 2.67. The molecule has 0 spiro atoms. The van der Waals surface area contributed by atoms with Crippen molar-refractivity contribution in [1.29, 1.82) is 0 Å². The van der Waals surface area contributed by atoms with Crippen LogP contribution in [0.25, 0.3) is 21.9 Å². The van der Waals surface area contributed by atoms with Crippen molar-refractivity contribution in [3.63, 3.8) is 0 Å². The second-order valence-corrected chi connectivity index (χ2v) is 5.11. The summed E-state index contributed by atoms with van der Waals surface area (Å²) in [4.78, 5) is 11.4. The predicted molar refractivity (Wildman–Crippen MR) is 88.9 cm³/mol. The quantitative estimate of drug-likeness (QED) is 0.583. The van der Waals surface area contributed by atoms with E-state index >= 15 is 0 Å². The molecule has 1 N–H and O–H groups in total. The van der Waals surface area contributed by atoms with Crippen LogP contribution in [0.3, 0.4) is 0 Å². The van der Waals surface area contributed by atoms with Crippen LogP contribution in [0.5, 0.6) is 17.2 Å². The number of methoxy groups -OCH3 is 1. The number of hydrogen-bond acceptors (Lipinski definition) is 4. The molecular weight excluding hydrogens is 292 g/mol. The number of rotatable bonds is 3. The van der Waals surface area contributed by atoms with E-state index in [0.717, 1.165) is 11.1 Å². The van der Waals surface area contributed by atoms with Gasteiger partial charge in [-0.05, 0) is 11.1 Å². The molecule has 0 amide bonds. The smallest absolute Gasteiger partial charge is 0.308 e. The van der Waals surface area contributed by atoms with Crippen LogP contribution >= 0.6 is 0 Å². The zero-order chi connectivity index (χ0) is 16.4. The Labute approximate surface area is 133 Å². The van der Waals surface area contributed by atoms with Gasteiger partial charge in [-0.1, -0.05) is 48.5 Å². The Morgan fingerprint density at radius 3 is 2.43 bits per heavy atom. The van der Waals surface area contributed by atoms with Crippen molar-refractivity contribution in [2.75, 3.05) is 7.11 Å². The Hall–Kier alpha value is -3.01. The summed E-state index contributed by atoms with van der Waals surface area (Å²) < 4.78 is 10.6. The lowest BCUT2D eigenvalue weighted by Crippen LogP contribution is -2.04. The van der Waals surface area contributed by atoms with Gasteiger partial charge in [-0.15, -0.1) is 0 Å². The van der Waals surface area contributed by atoms with Gasteiger partial charge >= 0.3 is 5.97 Å². The van der Waals surface area contributed by atoms with Crippen LogP contribution in [-0.2, 0) is 4.79 Å². The molecule has 0 saturated carbocycles. The molecule has 0 atom stereocenters. The molecule has 0 aliphatic heterocycles. The fraction of sp³-hybridized carbons (Fsp3) is 0.105. The third-order valence-corrected chi connectivity index (χ3v) is 3.61. The normalized spacial score (nSPS) is 10.5. The number of fused-ring (bicyclic) bond motifs is 1. The molecule has 3 rings (SSSR count). The van der Waals surface area contributed by atoms with Crippen molar-refractivity contribution < 1.29 is 19.4 Å². The first kappa shape index (κ1) is 14.9. The van der Waals surface area contributed by atoms with Gasteiger partial charge in [0.05, 0.1) is 7.11 Å². The van der Waals surface area contributed by atoms with Crippen LogP contribution in [0.1, 0.15) is 6.92 Å². The summed E-state index contributed by atoms with van der Waals surface area (Å²) in [5, 5.41) is 11.7. The van der Waals surface area contributed by atoms with E-state index in [-0.39, 0.29) is 5.75 Å². The zero-order valence-electron chi connectivity index (χ0n) is 12.9. The summed E-state index contributed by atoms with van der Waals surface area (Å²) in [6.45, 7) is 1.33. The van der Waals surface area contributed by atoms with E-state index in [4.69, 9.17) is 9.47 Å². The minimum absolute atomic E-state index is 0.0761. The number of phenolic OH excluding ortho intramolecular Hbond substituents is 1. The van der Waals surface area contributed by atoms with E-state index in [1.807, 2.05) is 42.5 Å². The van der Waals surface area contributed by atoms with Crippen LogP contribution in [0.2, 0.25) is 0 Å². The second kappa shape index (κ2) is 6.01. The Bertz CT molecular complexity index is 869. The van der Waals surface area contributed by atoms with Gasteiger partial charge < -0.3 is 14.6 Å². The lowest BCUT2D eigenvalue weighted by molar-refractivity contribution is -0.131. The van der Waals surface area contributed by atoms with Gasteiger partial charge in [0.1, 0.15) is 5.75 Å². The highest BCUT2D eigenvalue weighted by molar-refractivity contribution is 6.05. The lowest BCUT2D eigenvalue weighted by atomic mass is 9.97. The standard InChI is InChI=1S/C19H16O4/c1-12(20)23-19-15-10-6-9-14(13-7-4-3-5-8-13)18(15)16(21)11-17(19)22-2/h3-11,21H,1-2H3. The van der Waals surface area contributed by atoms with Gasteiger partial charge in [0.25, 0.3) is 0 Å². The highest BCUT2D eigenvalue weighted by Crippen LogP contribution is 2.44. The van der Waals surface area contributed by atoms with Gasteiger partial charge in [0.2, 0.25) is 0 Å². The fourth-order valence-corrected chi connectivity index (χ4v) is 2.67. The highest BCUT2D eigenvalue weighted by atomic mass is 16.6. The molecule has 0 fully saturated rings. The zero-order valence-corrected chi connectivity index (χ0v) is 12.9. The number of phenols is 1. The van der Waals surface area contributed by atoms with Crippen molar-refractivity contribution in [1.82, 2.24) is 0 Å². The average Bonchev–Trinajstić information content (AvgIpc) is 2.57. The van der Waals surface area contributed by atoms with Crippen molar-refractivity contribution in [3.05, 3.63) is 54.6 Å². The second-order valence-electron chi connectivity index (χ2n) is 5.11. The lowest BCUT2D eigenvalue weighted by Gasteiger charge is -2.15. The van der Waals surface area contributed by atoms with Crippen LogP contribution in [0.15, 0.2) is 54.6 Å². The first-order valence-electron chi connectivity index (χ1n) is 7.18. The van der Waals surface area contributed by atoms with E-state index < -0.39 is 5.97 Å². The van der Waals surface area contributed by atoms with Gasteiger partial charge in [0.15, 0.2) is 11.5 Å². The van der Waals surface area contributed by atoms with Gasteiger partial charge in [-0.3, -0.25) is 4.79 Å². The third-order valence-electron chi connectivity index (χ3n) is 3.61. The number of aromatic hydroxyl groups is 1. The van der Waals surface area contributed by atoms with E-state index in [1.54, 1.807) is 6.07 Å². The Morgan fingerprint density at radius 2 is 1.78 bits per heavy atom. The Balaban J connectivity index is 2.36. The van der Waals surface area contributed by atoms with Crippen LogP contribution in [0, 0.1) is 0 Å². The van der Waals surface area contributed by atoms with Crippen LogP contribution in [0.4, 0.5) is 0 Å². The van der Waals surface area contributed by atoms with E-state index in [1.165, 1.54) is 20.1 Å². The molecule has 0 aliphatic rings. The highest BCUT2D eigenvalue weighted by Gasteiger charge is 2.18. The molecule has 4 nitrogen and oxygen atoms in total. The SMILES string of the molecule is COc1cc(O)c2c(-c3ccccc3)cccc2c1OC(C)=O. The van der Waals surface area contributed by atoms with E-state index in [9.17, 15) is 9.90 Å². The maximum absolute atomic E-state index is 11.4. The topological polar surface area (TPSA) is 55.8 Å². The Morgan fingerprint density at radius 1 is 1.04 bits per heavy atom. The number of carbonyl (C=O) groups excluding carboxylic acids is 1. The number of esters is 1. The maximum atomic E-state index is 11.4. The molecule has 3 aromatic carbocycles. The predicted octanol–water partition coefficient (Wildman–Crippen LogP) is 4.15. The van der Waals surface area contributed by atoms with Crippen molar-refractivity contribution >= 4 is 16.7 Å². The molecule has 4 heteroatoms. The van der Waals surface area contributed by atoms with Crippen molar-refractivity contribution in [2.24, 2.45) is 0 Å². The minimum Gasteiger partial charge on any atom is -0.507 e. The first-order valence-corrected chi connectivity index (χ1v) is 7.18. The molecule has 0 radical (unpaired) electrons. The summed E-state index contributed by atoms with van der Waals surface area (Å²) in [6, 6.07) is 16.8. The molecule has 0 aromatic heterocycles. The molecule has 0 saturated heterocycles. The first-order chi connectivity index (χ1) is 11.1. The van der Waals surface area contributed by atoms with E-state index in [2.05, 4.69) is 0 Å². The van der Waals surface area contributed by atoms with Crippen molar-refractivity contribution in [2.45, 2.75) is 6.92 Å². The third kappa shape index (κ3) is 2.71. The number of hydrogen-bond donors (Lipinski definition) is 1. The summed E-state index contributed by atoms with van der Waals surface area (Å²) in [5.41, 5.74) is 1.82. The number of carbonyl (C=O) groups is 1. The molecule has 0 unspecified atom stereocenters. The minimum atomic E-state index is -0.444. The van der Waals surface area contributed by atoms with Crippen LogP contribution in [-0.4, -0.2) is 18.2 Å². The van der Waals surface area contributed by atoms with Gasteiger partial charge in [0, 0.05) is 23.8 Å². The molecule has 0 bridgehead atoms. The summed E-state index contributed by atoms with van der Waals surface area (Å²) in [5.74, 6) is 0.258. The van der Waals surface area contributed by atoms with Crippen LogP contribution < -0.4 is 9.47 Å². The summed E-state index contributed by atoms with van der Waals surface area (Å²) >= 11 is 0. The maximum Gasteiger partial charge on any atom is 0.308 e. The average molecular weight is 308 g/mol. The number of ether oxygens (including phenoxy) is 2. The summed E-state index contributed by atoms with van der Waals surface area (Å²) in [6.07, 6.45) is 0. The number of benzene rings is 3. The molecular formula is C19H16O4. The molecule has 3 aromatic rings. The molecule has 0 heterocycles. The van der Waals surface area contributed by atoms with Crippen molar-refractivity contribution in [3.8, 4) is 28.4 Å². The van der Waals surface area contributed by atoms with Gasteiger partial charge in [-0.2, -0.15) is 0 Å². The monoisotopic (exact) mass is 308 g/mol. The largest absolute Gasteiger partial charge is 0.507 e.